The molecule has 1 aliphatic rings. The molecule has 0 saturated carbocycles. The van der Waals surface area contributed by atoms with E-state index in [1.165, 1.54) is 13.2 Å². The van der Waals surface area contributed by atoms with Gasteiger partial charge < -0.3 is 9.47 Å². The van der Waals surface area contributed by atoms with Gasteiger partial charge in [0, 0.05) is 19.1 Å². The molecule has 0 amide bonds. The summed E-state index contributed by atoms with van der Waals surface area (Å²) in [6.45, 7) is 4.71. The number of esters is 1. The molecule has 0 spiro atoms. The first-order valence-electron chi connectivity index (χ1n) is 6.84. The summed E-state index contributed by atoms with van der Waals surface area (Å²) >= 11 is 0. The molecule has 1 fully saturated rings. The lowest BCUT2D eigenvalue weighted by molar-refractivity contribution is -0.167. The van der Waals surface area contributed by atoms with Crippen LogP contribution in [0, 0.1) is 11.6 Å². The van der Waals surface area contributed by atoms with Crippen LogP contribution in [-0.2, 0) is 14.3 Å². The summed E-state index contributed by atoms with van der Waals surface area (Å²) in [6.07, 6.45) is -0.804. The average molecular weight is 299 g/mol. The molecule has 4 nitrogen and oxygen atoms in total. The largest absolute Gasteiger partial charge is 0.467 e. The first-order chi connectivity index (χ1) is 9.92. The summed E-state index contributed by atoms with van der Waals surface area (Å²) in [4.78, 5) is 13.6. The normalized spacial score (nSPS) is 24.6. The van der Waals surface area contributed by atoms with E-state index in [2.05, 4.69) is 0 Å². The molecule has 2 rings (SSSR count). The number of nitrogens with zero attached hydrogens (tertiary/aromatic N) is 1. The molecular weight excluding hydrogens is 280 g/mol. The molecule has 3 atom stereocenters. The van der Waals surface area contributed by atoms with E-state index in [0.29, 0.717) is 18.7 Å². The van der Waals surface area contributed by atoms with Gasteiger partial charge in [0.15, 0.2) is 17.7 Å². The first kappa shape index (κ1) is 15.9. The Bertz CT molecular complexity index is 524. The predicted molar refractivity (Wildman–Crippen MR) is 72.7 cm³/mol. The van der Waals surface area contributed by atoms with Crippen LogP contribution in [0.2, 0.25) is 0 Å². The summed E-state index contributed by atoms with van der Waals surface area (Å²) in [5, 5.41) is 0. The first-order valence-corrected chi connectivity index (χ1v) is 6.84. The molecule has 6 heteroatoms. The number of hydrogen-bond acceptors (Lipinski definition) is 4. The number of benzene rings is 1. The zero-order valence-electron chi connectivity index (χ0n) is 12.3. The van der Waals surface area contributed by atoms with Crippen molar-refractivity contribution in [1.82, 2.24) is 4.90 Å². The van der Waals surface area contributed by atoms with Gasteiger partial charge in [-0.05, 0) is 31.5 Å². The highest BCUT2D eigenvalue weighted by Crippen LogP contribution is 2.26. The standard InChI is InChI=1S/C15H19F2NO3/c1-9-7-18(8-14(21-9)15(19)20-3)10(2)11-4-5-12(16)13(17)6-11/h4-6,9-10,14H,7-8H2,1-3H3/t9-,10-,14-/m1/s1. The van der Waals surface area contributed by atoms with Crippen LogP contribution in [0.1, 0.15) is 25.5 Å². The fourth-order valence-electron chi connectivity index (χ4n) is 2.55. The van der Waals surface area contributed by atoms with Crippen molar-refractivity contribution < 1.29 is 23.0 Å². The second-order valence-electron chi connectivity index (χ2n) is 5.26. The summed E-state index contributed by atoms with van der Waals surface area (Å²) in [6, 6.07) is 3.70. The van der Waals surface area contributed by atoms with E-state index in [0.717, 1.165) is 6.07 Å². The number of ether oxygens (including phenoxy) is 2. The minimum absolute atomic E-state index is 0.143. The number of hydrogen-bond donors (Lipinski definition) is 0. The van der Waals surface area contributed by atoms with Crippen molar-refractivity contribution in [2.45, 2.75) is 32.1 Å². The van der Waals surface area contributed by atoms with E-state index < -0.39 is 23.7 Å². The van der Waals surface area contributed by atoms with Gasteiger partial charge in [-0.15, -0.1) is 0 Å². The zero-order valence-corrected chi connectivity index (χ0v) is 12.3. The molecular formula is C15H19F2NO3. The van der Waals surface area contributed by atoms with Crippen molar-refractivity contribution >= 4 is 5.97 Å². The van der Waals surface area contributed by atoms with Crippen molar-refractivity contribution in [2.75, 3.05) is 20.2 Å². The fraction of sp³-hybridized carbons (Fsp3) is 0.533. The summed E-state index contributed by atoms with van der Waals surface area (Å²) < 4.78 is 36.6. The number of morpholine rings is 1. The molecule has 0 bridgehead atoms. The molecule has 0 aliphatic carbocycles. The highest BCUT2D eigenvalue weighted by atomic mass is 19.2. The maximum atomic E-state index is 13.4. The number of methoxy groups -OCH3 is 1. The molecule has 0 aromatic heterocycles. The Hall–Kier alpha value is -1.53. The van der Waals surface area contributed by atoms with Crippen molar-refractivity contribution in [2.24, 2.45) is 0 Å². The van der Waals surface area contributed by atoms with E-state index in [-0.39, 0.29) is 12.1 Å². The number of halogens is 2. The minimum atomic E-state index is -0.870. The lowest BCUT2D eigenvalue weighted by Crippen LogP contribution is -2.50. The maximum absolute atomic E-state index is 13.4. The van der Waals surface area contributed by atoms with Gasteiger partial charge in [0.1, 0.15) is 0 Å². The molecule has 1 aromatic rings. The monoisotopic (exact) mass is 299 g/mol. The highest BCUT2D eigenvalue weighted by molar-refractivity contribution is 5.75. The number of rotatable bonds is 3. The van der Waals surface area contributed by atoms with E-state index >= 15 is 0 Å². The fourth-order valence-corrected chi connectivity index (χ4v) is 2.55. The SMILES string of the molecule is COC(=O)[C@H]1CN([C@H](C)c2ccc(F)c(F)c2)C[C@@H](C)O1. The quantitative estimate of drug-likeness (QED) is 0.803. The van der Waals surface area contributed by atoms with E-state index in [1.54, 1.807) is 6.07 Å². The smallest absolute Gasteiger partial charge is 0.336 e. The molecule has 1 aliphatic heterocycles. The molecule has 1 heterocycles. The number of carbonyl (C=O) groups is 1. The molecule has 1 aromatic carbocycles. The van der Waals surface area contributed by atoms with E-state index in [4.69, 9.17) is 9.47 Å². The lowest BCUT2D eigenvalue weighted by atomic mass is 10.0. The van der Waals surface area contributed by atoms with Crippen LogP contribution in [-0.4, -0.2) is 43.3 Å². The molecule has 0 N–H and O–H groups in total. The van der Waals surface area contributed by atoms with Gasteiger partial charge in [-0.2, -0.15) is 0 Å². The third-order valence-electron chi connectivity index (χ3n) is 3.73. The highest BCUT2D eigenvalue weighted by Gasteiger charge is 2.33. The summed E-state index contributed by atoms with van der Waals surface area (Å²) in [5.74, 6) is -2.16. The second-order valence-corrected chi connectivity index (χ2v) is 5.26. The molecule has 21 heavy (non-hydrogen) atoms. The van der Waals surface area contributed by atoms with Gasteiger partial charge in [0.25, 0.3) is 0 Å². The molecule has 0 radical (unpaired) electrons. The lowest BCUT2D eigenvalue weighted by Gasteiger charge is -2.39. The van der Waals surface area contributed by atoms with Crippen LogP contribution >= 0.6 is 0 Å². The molecule has 116 valence electrons. The molecule has 1 saturated heterocycles. The van der Waals surface area contributed by atoms with Gasteiger partial charge in [0.05, 0.1) is 13.2 Å². The van der Waals surface area contributed by atoms with Gasteiger partial charge in [-0.25, -0.2) is 13.6 Å². The van der Waals surface area contributed by atoms with Gasteiger partial charge in [-0.1, -0.05) is 6.07 Å². The van der Waals surface area contributed by atoms with Crippen LogP contribution < -0.4 is 0 Å². The van der Waals surface area contributed by atoms with Crippen LogP contribution in [0.25, 0.3) is 0 Å². The zero-order chi connectivity index (χ0) is 15.6. The van der Waals surface area contributed by atoms with Crippen molar-refractivity contribution in [3.05, 3.63) is 35.4 Å². The topological polar surface area (TPSA) is 38.8 Å². The molecule has 0 unspecified atom stereocenters. The maximum Gasteiger partial charge on any atom is 0.336 e. The van der Waals surface area contributed by atoms with Crippen LogP contribution in [0.15, 0.2) is 18.2 Å². The van der Waals surface area contributed by atoms with Crippen LogP contribution in [0.4, 0.5) is 8.78 Å². The summed E-state index contributed by atoms with van der Waals surface area (Å²) in [5.41, 5.74) is 0.659. The Balaban J connectivity index is 2.15. The number of carbonyl (C=O) groups excluding carboxylic acids is 1. The Kier molecular flexibility index (Phi) is 4.90. The van der Waals surface area contributed by atoms with Gasteiger partial charge in [-0.3, -0.25) is 4.90 Å². The summed E-state index contributed by atoms with van der Waals surface area (Å²) in [7, 11) is 1.31. The Morgan fingerprint density at radius 1 is 1.38 bits per heavy atom. The predicted octanol–water partition coefficient (Wildman–Crippen LogP) is 2.29. The van der Waals surface area contributed by atoms with Crippen LogP contribution in [0.3, 0.4) is 0 Å². The van der Waals surface area contributed by atoms with Crippen molar-refractivity contribution in [1.29, 1.82) is 0 Å². The van der Waals surface area contributed by atoms with E-state index in [9.17, 15) is 13.6 Å². The third kappa shape index (κ3) is 3.57. The Labute approximate surface area is 122 Å². The minimum Gasteiger partial charge on any atom is -0.467 e. The Morgan fingerprint density at radius 2 is 2.10 bits per heavy atom. The van der Waals surface area contributed by atoms with Gasteiger partial charge in [0.2, 0.25) is 0 Å². The van der Waals surface area contributed by atoms with Gasteiger partial charge >= 0.3 is 5.97 Å². The Morgan fingerprint density at radius 3 is 2.71 bits per heavy atom. The van der Waals surface area contributed by atoms with Crippen LogP contribution in [0.5, 0.6) is 0 Å². The van der Waals surface area contributed by atoms with Crippen molar-refractivity contribution in [3.8, 4) is 0 Å². The second kappa shape index (κ2) is 6.49. The third-order valence-corrected chi connectivity index (χ3v) is 3.73. The average Bonchev–Trinajstić information content (AvgIpc) is 2.47. The van der Waals surface area contributed by atoms with E-state index in [1.807, 2.05) is 18.7 Å². The van der Waals surface area contributed by atoms with Crippen molar-refractivity contribution in [3.63, 3.8) is 0 Å².